The van der Waals surface area contributed by atoms with E-state index in [-0.39, 0.29) is 12.3 Å². The van der Waals surface area contributed by atoms with Crippen LogP contribution in [-0.4, -0.2) is 48.5 Å². The maximum atomic E-state index is 11.2. The van der Waals surface area contributed by atoms with E-state index in [0.717, 1.165) is 0 Å². The molecule has 15 heavy (non-hydrogen) atoms. The van der Waals surface area contributed by atoms with E-state index >= 15 is 0 Å². The first-order valence-corrected chi connectivity index (χ1v) is 4.97. The Morgan fingerprint density at radius 2 is 1.87 bits per heavy atom. The standard InChI is InChI=1S/C11H19NO3/c1-9(2)10(13)6-5-7-12(3,4)8-11(14)15/h1,5-8H2,2-4H3/p+1. The lowest BCUT2D eigenvalue weighted by Gasteiger charge is -2.27. The fraction of sp³-hybridized carbons (Fsp3) is 0.636. The Bertz CT molecular complexity index is 269. The quantitative estimate of drug-likeness (QED) is 0.509. The number of carbonyl (C=O) groups excluding carboxylic acids is 1. The molecule has 86 valence electrons. The number of allylic oxidation sites excluding steroid dienone is 1. The lowest BCUT2D eigenvalue weighted by molar-refractivity contribution is -0.883. The SMILES string of the molecule is C=C(C)C(=O)CCC[N+](C)(C)CC(=O)O. The fourth-order valence-corrected chi connectivity index (χ4v) is 1.33. The third kappa shape index (κ3) is 6.85. The lowest BCUT2D eigenvalue weighted by atomic mass is 10.1. The van der Waals surface area contributed by atoms with Crippen LogP contribution in [0.15, 0.2) is 12.2 Å². The highest BCUT2D eigenvalue weighted by Gasteiger charge is 2.19. The van der Waals surface area contributed by atoms with Gasteiger partial charge in [0.2, 0.25) is 0 Å². The van der Waals surface area contributed by atoms with E-state index < -0.39 is 5.97 Å². The second-order valence-electron chi connectivity index (χ2n) is 4.52. The van der Waals surface area contributed by atoms with E-state index in [1.54, 1.807) is 6.92 Å². The molecule has 0 amide bonds. The number of aliphatic carboxylic acids is 1. The van der Waals surface area contributed by atoms with Crippen molar-refractivity contribution in [2.24, 2.45) is 0 Å². The van der Waals surface area contributed by atoms with Crippen molar-refractivity contribution in [1.29, 1.82) is 0 Å². The normalized spacial score (nSPS) is 11.1. The molecule has 0 saturated carbocycles. The van der Waals surface area contributed by atoms with Gasteiger partial charge in [0.05, 0.1) is 20.6 Å². The van der Waals surface area contributed by atoms with Crippen molar-refractivity contribution < 1.29 is 19.2 Å². The van der Waals surface area contributed by atoms with E-state index in [2.05, 4.69) is 6.58 Å². The van der Waals surface area contributed by atoms with Crippen LogP contribution in [0.1, 0.15) is 19.8 Å². The van der Waals surface area contributed by atoms with Crippen molar-refractivity contribution in [2.75, 3.05) is 27.2 Å². The smallest absolute Gasteiger partial charge is 0.359 e. The molecule has 0 bridgehead atoms. The Labute approximate surface area is 90.8 Å². The van der Waals surface area contributed by atoms with Crippen molar-refractivity contribution in [3.8, 4) is 0 Å². The number of carboxylic acids is 1. The minimum atomic E-state index is -0.814. The lowest BCUT2D eigenvalue weighted by Crippen LogP contribution is -2.44. The fourth-order valence-electron chi connectivity index (χ4n) is 1.33. The number of Topliss-reactive ketones (excluding diaryl/α,β-unsaturated/α-hetero) is 1. The van der Waals surface area contributed by atoms with Crippen molar-refractivity contribution >= 4 is 11.8 Å². The second kappa shape index (κ2) is 5.66. The minimum Gasteiger partial charge on any atom is -0.477 e. The highest BCUT2D eigenvalue weighted by Crippen LogP contribution is 2.04. The summed E-state index contributed by atoms with van der Waals surface area (Å²) in [4.78, 5) is 21.8. The van der Waals surface area contributed by atoms with Crippen LogP contribution in [0.4, 0.5) is 0 Å². The number of rotatable bonds is 7. The maximum Gasteiger partial charge on any atom is 0.359 e. The van der Waals surface area contributed by atoms with Crippen molar-refractivity contribution in [1.82, 2.24) is 0 Å². The third-order valence-corrected chi connectivity index (χ3v) is 2.21. The van der Waals surface area contributed by atoms with E-state index in [9.17, 15) is 9.59 Å². The van der Waals surface area contributed by atoms with Crippen molar-refractivity contribution in [2.45, 2.75) is 19.8 Å². The number of carbonyl (C=O) groups is 2. The van der Waals surface area contributed by atoms with Crippen molar-refractivity contribution in [3.05, 3.63) is 12.2 Å². The molecule has 0 aromatic carbocycles. The summed E-state index contributed by atoms with van der Waals surface area (Å²) in [7, 11) is 3.69. The molecule has 0 aliphatic carbocycles. The van der Waals surface area contributed by atoms with Gasteiger partial charge in [-0.2, -0.15) is 0 Å². The van der Waals surface area contributed by atoms with E-state index in [0.29, 0.717) is 29.4 Å². The van der Waals surface area contributed by atoms with E-state index in [4.69, 9.17) is 5.11 Å². The van der Waals surface area contributed by atoms with Crippen LogP contribution >= 0.6 is 0 Å². The molecule has 0 rings (SSSR count). The zero-order chi connectivity index (χ0) is 12.1. The minimum absolute atomic E-state index is 0.0605. The van der Waals surface area contributed by atoms with Gasteiger partial charge in [0.1, 0.15) is 0 Å². The van der Waals surface area contributed by atoms with Crippen LogP contribution in [0.3, 0.4) is 0 Å². The van der Waals surface area contributed by atoms with E-state index in [1.807, 2.05) is 14.1 Å². The van der Waals surface area contributed by atoms with Gasteiger partial charge in [0.25, 0.3) is 0 Å². The Morgan fingerprint density at radius 1 is 1.33 bits per heavy atom. The number of ketones is 1. The molecule has 0 radical (unpaired) electrons. The molecule has 0 aromatic heterocycles. The largest absolute Gasteiger partial charge is 0.477 e. The molecule has 4 heteroatoms. The van der Waals surface area contributed by atoms with Crippen LogP contribution in [0, 0.1) is 0 Å². The predicted molar refractivity (Wildman–Crippen MR) is 58.5 cm³/mol. The molecule has 4 nitrogen and oxygen atoms in total. The molecule has 0 atom stereocenters. The average molecular weight is 214 g/mol. The number of quaternary nitrogens is 1. The Morgan fingerprint density at radius 3 is 2.27 bits per heavy atom. The molecular formula is C11H20NO3+. The average Bonchev–Trinajstić information content (AvgIpc) is 2.00. The number of nitrogens with zero attached hydrogens (tertiary/aromatic N) is 1. The second-order valence-corrected chi connectivity index (χ2v) is 4.52. The summed E-state index contributed by atoms with van der Waals surface area (Å²) in [5.41, 5.74) is 0.568. The first-order valence-electron chi connectivity index (χ1n) is 4.97. The molecule has 0 heterocycles. The zero-order valence-corrected chi connectivity index (χ0v) is 9.75. The summed E-state index contributed by atoms with van der Waals surface area (Å²) < 4.78 is 0.402. The van der Waals surface area contributed by atoms with Crippen LogP contribution < -0.4 is 0 Å². The summed E-state index contributed by atoms with van der Waals surface area (Å²) in [6.45, 7) is 6.03. The van der Waals surface area contributed by atoms with Crippen LogP contribution in [-0.2, 0) is 9.59 Å². The van der Waals surface area contributed by atoms with Gasteiger partial charge < -0.3 is 9.59 Å². The Hall–Kier alpha value is -1.16. The molecule has 0 aromatic rings. The number of carboxylic acid groups (broad SMARTS) is 1. The van der Waals surface area contributed by atoms with E-state index in [1.165, 1.54) is 0 Å². The van der Waals surface area contributed by atoms with Gasteiger partial charge in [0, 0.05) is 12.8 Å². The number of hydrogen-bond acceptors (Lipinski definition) is 2. The van der Waals surface area contributed by atoms with Crippen LogP contribution in [0.2, 0.25) is 0 Å². The number of hydrogen-bond donors (Lipinski definition) is 1. The summed E-state index contributed by atoms with van der Waals surface area (Å²) >= 11 is 0. The van der Waals surface area contributed by atoms with Gasteiger partial charge in [0.15, 0.2) is 12.3 Å². The first kappa shape index (κ1) is 13.8. The zero-order valence-electron chi connectivity index (χ0n) is 9.75. The molecule has 0 spiro atoms. The molecule has 0 fully saturated rings. The van der Waals surface area contributed by atoms with Gasteiger partial charge in [-0.05, 0) is 12.5 Å². The predicted octanol–water partition coefficient (Wildman–Crippen LogP) is 1.07. The monoisotopic (exact) mass is 214 g/mol. The number of likely N-dealkylation sites (N-methyl/N-ethyl adjacent to an activating group) is 1. The van der Waals surface area contributed by atoms with Crippen LogP contribution in [0.25, 0.3) is 0 Å². The molecular weight excluding hydrogens is 194 g/mol. The molecule has 0 aliphatic rings. The molecule has 0 aliphatic heterocycles. The van der Waals surface area contributed by atoms with Gasteiger partial charge in [-0.25, -0.2) is 4.79 Å². The topological polar surface area (TPSA) is 54.4 Å². The van der Waals surface area contributed by atoms with Gasteiger partial charge >= 0.3 is 5.97 Å². The summed E-state index contributed by atoms with van der Waals surface area (Å²) in [5, 5.41) is 8.65. The first-order chi connectivity index (χ1) is 6.74. The Kier molecular flexibility index (Phi) is 5.22. The maximum absolute atomic E-state index is 11.2. The Balaban J connectivity index is 3.89. The summed E-state index contributed by atoms with van der Waals surface area (Å²) in [5.74, 6) is -0.753. The summed E-state index contributed by atoms with van der Waals surface area (Å²) in [6.07, 6.45) is 1.16. The van der Waals surface area contributed by atoms with Gasteiger partial charge in [-0.15, -0.1) is 0 Å². The van der Waals surface area contributed by atoms with Gasteiger partial charge in [-0.1, -0.05) is 6.58 Å². The molecule has 0 unspecified atom stereocenters. The highest BCUT2D eigenvalue weighted by atomic mass is 16.4. The highest BCUT2D eigenvalue weighted by molar-refractivity contribution is 5.93. The van der Waals surface area contributed by atoms with Crippen LogP contribution in [0.5, 0.6) is 0 Å². The third-order valence-electron chi connectivity index (χ3n) is 2.21. The van der Waals surface area contributed by atoms with Crippen molar-refractivity contribution in [3.63, 3.8) is 0 Å². The molecule has 0 saturated heterocycles. The molecule has 1 N–H and O–H groups in total. The van der Waals surface area contributed by atoms with Gasteiger partial charge in [-0.3, -0.25) is 4.79 Å². The summed E-state index contributed by atoms with van der Waals surface area (Å²) in [6, 6.07) is 0.